The van der Waals surface area contributed by atoms with Crippen molar-refractivity contribution in [1.29, 1.82) is 0 Å². The average molecular weight is 258 g/mol. The number of carbonyl (C=O) groups excluding carboxylic acids is 1. The lowest BCUT2D eigenvalue weighted by atomic mass is 9.99. The number of nitrogens with one attached hydrogen (secondary N) is 1. The third kappa shape index (κ3) is 4.08. The normalized spacial score (nSPS) is 12.8. The Bertz CT molecular complexity index is 358. The highest BCUT2D eigenvalue weighted by Crippen LogP contribution is 2.17. The van der Waals surface area contributed by atoms with Crippen molar-refractivity contribution in [2.45, 2.75) is 39.0 Å². The number of alkyl halides is 1. The van der Waals surface area contributed by atoms with Gasteiger partial charge < -0.3 is 9.73 Å². The van der Waals surface area contributed by atoms with E-state index >= 15 is 0 Å². The molecule has 0 aliphatic carbocycles. The summed E-state index contributed by atoms with van der Waals surface area (Å²) in [6.07, 6.45) is 3.53. The summed E-state index contributed by atoms with van der Waals surface area (Å²) in [5.74, 6) is 1.05. The first kappa shape index (κ1) is 14.1. The van der Waals surface area contributed by atoms with E-state index in [1.165, 1.54) is 6.26 Å². The minimum absolute atomic E-state index is 0.0121. The molecule has 0 spiro atoms. The first-order valence-electron chi connectivity index (χ1n) is 6.05. The Morgan fingerprint density at radius 3 is 2.59 bits per heavy atom. The zero-order chi connectivity index (χ0) is 12.8. The molecule has 1 aromatic rings. The van der Waals surface area contributed by atoms with Crippen molar-refractivity contribution < 1.29 is 9.21 Å². The highest BCUT2D eigenvalue weighted by atomic mass is 35.5. The molecule has 0 radical (unpaired) electrons. The van der Waals surface area contributed by atoms with Crippen LogP contribution in [0.4, 0.5) is 0 Å². The quantitative estimate of drug-likeness (QED) is 0.794. The molecule has 0 bridgehead atoms. The first-order valence-corrected chi connectivity index (χ1v) is 6.49. The highest BCUT2D eigenvalue weighted by molar-refractivity contribution is 6.21. The zero-order valence-corrected chi connectivity index (χ0v) is 11.4. The number of aryl methyl sites for hydroxylation is 1. The summed E-state index contributed by atoms with van der Waals surface area (Å²) in [7, 11) is 0. The fourth-order valence-corrected chi connectivity index (χ4v) is 2.26. The number of rotatable bonds is 6. The topological polar surface area (TPSA) is 42.2 Å². The van der Waals surface area contributed by atoms with Gasteiger partial charge in [0.15, 0.2) is 0 Å². The Morgan fingerprint density at radius 1 is 1.47 bits per heavy atom. The Hall–Kier alpha value is -0.960. The van der Waals surface area contributed by atoms with Crippen LogP contribution in [-0.4, -0.2) is 17.8 Å². The summed E-state index contributed by atoms with van der Waals surface area (Å²) < 4.78 is 5.09. The SMILES string of the molecule is CCC(CC)C(Cl)CNC(=O)c1coc(C)c1. The Kier molecular flexibility index (Phi) is 5.56. The summed E-state index contributed by atoms with van der Waals surface area (Å²) in [5, 5.41) is 2.82. The maximum atomic E-state index is 11.7. The van der Waals surface area contributed by atoms with Crippen molar-refractivity contribution in [3.63, 3.8) is 0 Å². The van der Waals surface area contributed by atoms with Crippen LogP contribution in [0.25, 0.3) is 0 Å². The Balaban J connectivity index is 2.43. The van der Waals surface area contributed by atoms with Gasteiger partial charge in [0, 0.05) is 6.54 Å². The third-order valence-electron chi connectivity index (χ3n) is 3.01. The molecular formula is C13H20ClNO2. The number of hydrogen-bond acceptors (Lipinski definition) is 2. The van der Waals surface area contributed by atoms with Crippen molar-refractivity contribution in [2.24, 2.45) is 5.92 Å². The van der Waals surface area contributed by atoms with Crippen LogP contribution >= 0.6 is 11.6 Å². The van der Waals surface area contributed by atoms with Gasteiger partial charge in [0.2, 0.25) is 0 Å². The molecule has 1 amide bonds. The molecular weight excluding hydrogens is 238 g/mol. The first-order chi connectivity index (χ1) is 8.08. The summed E-state index contributed by atoms with van der Waals surface area (Å²) in [5.41, 5.74) is 0.552. The van der Waals surface area contributed by atoms with Crippen molar-refractivity contribution in [1.82, 2.24) is 5.32 Å². The van der Waals surface area contributed by atoms with E-state index in [1.807, 2.05) is 6.92 Å². The molecule has 1 rings (SSSR count). The Morgan fingerprint density at radius 2 is 2.12 bits per heavy atom. The minimum atomic E-state index is -0.126. The van der Waals surface area contributed by atoms with Crippen molar-refractivity contribution in [2.75, 3.05) is 6.54 Å². The third-order valence-corrected chi connectivity index (χ3v) is 3.52. The van der Waals surface area contributed by atoms with Crippen LogP contribution in [0.1, 0.15) is 42.8 Å². The number of carbonyl (C=O) groups is 1. The second kappa shape index (κ2) is 6.70. The molecule has 1 heterocycles. The van der Waals surface area contributed by atoms with Gasteiger partial charge in [-0.1, -0.05) is 26.7 Å². The molecule has 0 saturated heterocycles. The summed E-state index contributed by atoms with van der Waals surface area (Å²) >= 11 is 6.25. The summed E-state index contributed by atoms with van der Waals surface area (Å²) in [6.45, 7) is 6.54. The van der Waals surface area contributed by atoms with Gasteiger partial charge in [0.05, 0.1) is 10.9 Å². The second-order valence-electron chi connectivity index (χ2n) is 4.25. The van der Waals surface area contributed by atoms with Crippen molar-refractivity contribution in [3.8, 4) is 0 Å². The highest BCUT2D eigenvalue weighted by Gasteiger charge is 2.17. The van der Waals surface area contributed by atoms with Crippen LogP contribution < -0.4 is 5.32 Å². The van der Waals surface area contributed by atoms with Crippen LogP contribution in [0.15, 0.2) is 16.7 Å². The lowest BCUT2D eigenvalue weighted by molar-refractivity contribution is 0.0951. The van der Waals surface area contributed by atoms with E-state index in [4.69, 9.17) is 16.0 Å². The number of furan rings is 1. The molecule has 4 heteroatoms. The van der Waals surface area contributed by atoms with Crippen LogP contribution in [0, 0.1) is 12.8 Å². The van der Waals surface area contributed by atoms with Gasteiger partial charge in [0.25, 0.3) is 5.91 Å². The van der Waals surface area contributed by atoms with E-state index in [0.29, 0.717) is 18.0 Å². The fourth-order valence-electron chi connectivity index (χ4n) is 1.82. The van der Waals surface area contributed by atoms with Gasteiger partial charge in [-0.3, -0.25) is 4.79 Å². The van der Waals surface area contributed by atoms with Gasteiger partial charge in [-0.05, 0) is 18.9 Å². The average Bonchev–Trinajstić information content (AvgIpc) is 2.74. The smallest absolute Gasteiger partial charge is 0.254 e. The molecule has 1 atom stereocenters. The zero-order valence-electron chi connectivity index (χ0n) is 10.6. The largest absolute Gasteiger partial charge is 0.469 e. The van der Waals surface area contributed by atoms with Gasteiger partial charge in [0.1, 0.15) is 12.0 Å². The molecule has 0 fully saturated rings. The molecule has 3 nitrogen and oxygen atoms in total. The summed E-state index contributed by atoms with van der Waals surface area (Å²) in [6, 6.07) is 1.72. The molecule has 96 valence electrons. The van der Waals surface area contributed by atoms with Crippen LogP contribution in [0.2, 0.25) is 0 Å². The van der Waals surface area contributed by atoms with Crippen LogP contribution in [0.3, 0.4) is 0 Å². The van der Waals surface area contributed by atoms with Gasteiger partial charge in [-0.2, -0.15) is 0 Å². The second-order valence-corrected chi connectivity index (χ2v) is 4.81. The van der Waals surface area contributed by atoms with Crippen molar-refractivity contribution >= 4 is 17.5 Å². The van der Waals surface area contributed by atoms with E-state index in [0.717, 1.165) is 18.6 Å². The van der Waals surface area contributed by atoms with Crippen LogP contribution in [-0.2, 0) is 0 Å². The molecule has 0 aliphatic rings. The fraction of sp³-hybridized carbons (Fsp3) is 0.615. The number of hydrogen-bond donors (Lipinski definition) is 1. The summed E-state index contributed by atoms with van der Waals surface area (Å²) in [4.78, 5) is 11.7. The number of halogens is 1. The van der Waals surface area contributed by atoms with Gasteiger partial charge in [-0.25, -0.2) is 0 Å². The molecule has 1 aromatic heterocycles. The molecule has 0 saturated carbocycles. The van der Waals surface area contributed by atoms with Crippen LogP contribution in [0.5, 0.6) is 0 Å². The molecule has 17 heavy (non-hydrogen) atoms. The molecule has 1 N–H and O–H groups in total. The standard InChI is InChI=1S/C13H20ClNO2/c1-4-10(5-2)12(14)7-15-13(16)11-6-9(3)17-8-11/h6,8,10,12H,4-5,7H2,1-3H3,(H,15,16). The maximum Gasteiger partial charge on any atom is 0.254 e. The molecule has 0 aromatic carbocycles. The van der Waals surface area contributed by atoms with E-state index in [2.05, 4.69) is 19.2 Å². The van der Waals surface area contributed by atoms with E-state index in [1.54, 1.807) is 6.07 Å². The van der Waals surface area contributed by atoms with Gasteiger partial charge in [-0.15, -0.1) is 11.6 Å². The molecule has 1 unspecified atom stereocenters. The van der Waals surface area contributed by atoms with Gasteiger partial charge >= 0.3 is 0 Å². The predicted molar refractivity (Wildman–Crippen MR) is 69.5 cm³/mol. The maximum absolute atomic E-state index is 11.7. The van der Waals surface area contributed by atoms with E-state index in [-0.39, 0.29) is 11.3 Å². The lowest BCUT2D eigenvalue weighted by Crippen LogP contribution is -2.33. The Labute approximate surface area is 108 Å². The molecule has 0 aliphatic heterocycles. The van der Waals surface area contributed by atoms with Crippen molar-refractivity contribution in [3.05, 3.63) is 23.7 Å². The lowest BCUT2D eigenvalue weighted by Gasteiger charge is -2.19. The van der Waals surface area contributed by atoms with E-state index < -0.39 is 0 Å². The number of amides is 1. The predicted octanol–water partition coefficient (Wildman–Crippen LogP) is 3.36. The minimum Gasteiger partial charge on any atom is -0.469 e. The monoisotopic (exact) mass is 257 g/mol. The van der Waals surface area contributed by atoms with E-state index in [9.17, 15) is 4.79 Å².